The summed E-state index contributed by atoms with van der Waals surface area (Å²) in [5.74, 6) is -0.295. The first-order valence-corrected chi connectivity index (χ1v) is 2.75. The smallest absolute Gasteiger partial charge is 0.309 e. The van der Waals surface area contributed by atoms with E-state index in [4.69, 9.17) is 0 Å². The number of hydrogen-bond acceptors (Lipinski definition) is 2. The molecule has 9 heavy (non-hydrogen) atoms. The Bertz CT molecular complexity index is 121. The highest BCUT2D eigenvalue weighted by Gasteiger charge is 1.93. The molecule has 0 aromatic rings. The molecule has 0 aromatic heterocycles. The molecule has 0 atom stereocenters. The number of hydrogen-bond donors (Lipinski definition) is 0. The van der Waals surface area contributed by atoms with E-state index in [0.717, 1.165) is 5.57 Å². The Balaban J connectivity index is 3.50. The highest BCUT2D eigenvalue weighted by atomic mass is 16.5. The van der Waals surface area contributed by atoms with Crippen LogP contribution in [0.1, 0.15) is 20.3 Å². The summed E-state index contributed by atoms with van der Waals surface area (Å²) in [5, 5.41) is 0. The monoisotopic (exact) mass is 127 g/mol. The van der Waals surface area contributed by atoms with Crippen molar-refractivity contribution in [2.75, 3.05) is 0 Å². The fraction of sp³-hybridized carbons (Fsp3) is 0.429. The summed E-state index contributed by atoms with van der Waals surface area (Å²) in [6.45, 7) is 3.85. The Hall–Kier alpha value is -0.790. The quantitative estimate of drug-likeness (QED) is 0.416. The summed E-state index contributed by atoms with van der Waals surface area (Å²) >= 11 is 0. The molecule has 0 aliphatic heterocycles. The second-order valence-corrected chi connectivity index (χ2v) is 2.00. The molecule has 0 bridgehead atoms. The Morgan fingerprint density at radius 3 is 2.56 bits per heavy atom. The van der Waals surface area contributed by atoms with Crippen LogP contribution in [-0.4, -0.2) is 5.97 Å². The van der Waals surface area contributed by atoms with Gasteiger partial charge in [0.2, 0.25) is 0 Å². The lowest BCUT2D eigenvalue weighted by Crippen LogP contribution is -1.95. The predicted molar refractivity (Wildman–Crippen MR) is 35.5 cm³/mol. The van der Waals surface area contributed by atoms with E-state index in [-0.39, 0.29) is 5.97 Å². The summed E-state index contributed by atoms with van der Waals surface area (Å²) < 4.78 is 4.17. The molecule has 0 saturated heterocycles. The molecule has 2 nitrogen and oxygen atoms in total. The van der Waals surface area contributed by atoms with Crippen molar-refractivity contribution in [1.82, 2.24) is 0 Å². The highest BCUT2D eigenvalue weighted by Crippen LogP contribution is 1.93. The van der Waals surface area contributed by atoms with Gasteiger partial charge in [-0.1, -0.05) is 11.6 Å². The van der Waals surface area contributed by atoms with Crippen molar-refractivity contribution in [2.45, 2.75) is 20.3 Å². The average Bonchev–Trinajstić information content (AvgIpc) is 1.83. The molecule has 0 N–H and O–H groups in total. The van der Waals surface area contributed by atoms with Crippen LogP contribution in [0.25, 0.3) is 0 Å². The van der Waals surface area contributed by atoms with E-state index in [1.54, 1.807) is 6.08 Å². The number of allylic oxidation sites excluding steroid dienone is 1. The van der Waals surface area contributed by atoms with Gasteiger partial charge in [0, 0.05) is 0 Å². The van der Waals surface area contributed by atoms with Crippen LogP contribution in [0.15, 0.2) is 11.6 Å². The Kier molecular flexibility index (Phi) is 3.76. The van der Waals surface area contributed by atoms with Crippen LogP contribution in [0.3, 0.4) is 0 Å². The molecule has 51 valence electrons. The number of esters is 1. The zero-order valence-corrected chi connectivity index (χ0v) is 5.81. The van der Waals surface area contributed by atoms with Crippen LogP contribution in [-0.2, 0) is 9.53 Å². The van der Waals surface area contributed by atoms with Crippen LogP contribution < -0.4 is 0 Å². The second-order valence-electron chi connectivity index (χ2n) is 2.00. The van der Waals surface area contributed by atoms with Gasteiger partial charge in [-0.15, -0.1) is 0 Å². The first-order valence-electron chi connectivity index (χ1n) is 2.75. The van der Waals surface area contributed by atoms with E-state index < -0.39 is 0 Å². The number of ether oxygens (including phenoxy) is 1. The van der Waals surface area contributed by atoms with Crippen molar-refractivity contribution in [1.29, 1.82) is 0 Å². The highest BCUT2D eigenvalue weighted by molar-refractivity contribution is 5.71. The molecule has 0 unspecified atom stereocenters. The van der Waals surface area contributed by atoms with Crippen LogP contribution in [0.4, 0.5) is 0 Å². The molecule has 2 heteroatoms. The van der Waals surface area contributed by atoms with Gasteiger partial charge < -0.3 is 4.74 Å². The fourth-order valence-corrected chi connectivity index (χ4v) is 0.346. The zero-order valence-electron chi connectivity index (χ0n) is 5.81. The number of carbonyl (C=O) groups is 1. The molecular formula is C7H11O2. The van der Waals surface area contributed by atoms with Crippen molar-refractivity contribution in [3.05, 3.63) is 18.8 Å². The molecule has 0 aromatic carbocycles. The largest absolute Gasteiger partial charge is 0.462 e. The van der Waals surface area contributed by atoms with Crippen LogP contribution in [0, 0.1) is 7.11 Å². The summed E-state index contributed by atoms with van der Waals surface area (Å²) in [6.07, 6.45) is 2.12. The van der Waals surface area contributed by atoms with E-state index in [0.29, 0.717) is 6.42 Å². The zero-order chi connectivity index (χ0) is 7.28. The number of carbonyl (C=O) groups excluding carboxylic acids is 1. The topological polar surface area (TPSA) is 26.3 Å². The second kappa shape index (κ2) is 4.13. The standard InChI is InChI=1S/C7H11O2/c1-6(2)4-5-7(8)9-3/h4H,3,5H2,1-2H3. The lowest BCUT2D eigenvalue weighted by atomic mass is 10.3. The molecule has 0 amide bonds. The molecule has 0 fully saturated rings. The minimum atomic E-state index is -0.295. The minimum absolute atomic E-state index is 0.295. The van der Waals surface area contributed by atoms with E-state index in [2.05, 4.69) is 11.8 Å². The Labute approximate surface area is 55.5 Å². The van der Waals surface area contributed by atoms with Crippen LogP contribution in [0.2, 0.25) is 0 Å². The van der Waals surface area contributed by atoms with Crippen molar-refractivity contribution in [3.63, 3.8) is 0 Å². The molecule has 0 saturated carbocycles. The number of rotatable bonds is 2. The van der Waals surface area contributed by atoms with Crippen molar-refractivity contribution < 1.29 is 9.53 Å². The van der Waals surface area contributed by atoms with Gasteiger partial charge in [-0.3, -0.25) is 4.79 Å². The van der Waals surface area contributed by atoms with Gasteiger partial charge in [-0.2, -0.15) is 0 Å². The molecule has 0 spiro atoms. The van der Waals surface area contributed by atoms with Gasteiger partial charge in [0.15, 0.2) is 0 Å². The predicted octanol–water partition coefficient (Wildman–Crippen LogP) is 1.68. The average molecular weight is 127 g/mol. The molecular weight excluding hydrogens is 116 g/mol. The first kappa shape index (κ1) is 8.21. The van der Waals surface area contributed by atoms with Crippen molar-refractivity contribution >= 4 is 5.97 Å². The maximum absolute atomic E-state index is 10.4. The van der Waals surface area contributed by atoms with Crippen LogP contribution >= 0.6 is 0 Å². The fourth-order valence-electron chi connectivity index (χ4n) is 0.346. The summed E-state index contributed by atoms with van der Waals surface area (Å²) in [5.41, 5.74) is 1.11. The normalized spacial score (nSPS) is 8.33. The third-order valence-corrected chi connectivity index (χ3v) is 0.838. The summed E-state index contributed by atoms with van der Waals surface area (Å²) in [7, 11) is 2.98. The van der Waals surface area contributed by atoms with Gasteiger partial charge in [0.1, 0.15) is 7.11 Å². The van der Waals surface area contributed by atoms with Gasteiger partial charge >= 0.3 is 5.97 Å². The van der Waals surface area contributed by atoms with Gasteiger partial charge in [-0.25, -0.2) is 0 Å². The van der Waals surface area contributed by atoms with Crippen molar-refractivity contribution in [2.24, 2.45) is 0 Å². The minimum Gasteiger partial charge on any atom is -0.462 e. The summed E-state index contributed by atoms with van der Waals surface area (Å²) in [4.78, 5) is 10.4. The third kappa shape index (κ3) is 5.07. The Morgan fingerprint density at radius 1 is 1.67 bits per heavy atom. The maximum Gasteiger partial charge on any atom is 0.309 e. The first-order chi connectivity index (χ1) is 4.16. The maximum atomic E-state index is 10.4. The van der Waals surface area contributed by atoms with Gasteiger partial charge in [-0.05, 0) is 13.8 Å². The van der Waals surface area contributed by atoms with E-state index in [1.807, 2.05) is 13.8 Å². The SMILES string of the molecule is [CH2]OC(=O)CC=C(C)C. The van der Waals surface area contributed by atoms with Gasteiger partial charge in [0.05, 0.1) is 6.42 Å². The molecule has 0 aliphatic rings. The Morgan fingerprint density at radius 2 is 2.22 bits per heavy atom. The van der Waals surface area contributed by atoms with Gasteiger partial charge in [0.25, 0.3) is 0 Å². The molecule has 1 radical (unpaired) electrons. The van der Waals surface area contributed by atoms with Crippen molar-refractivity contribution in [3.8, 4) is 0 Å². The van der Waals surface area contributed by atoms with E-state index in [9.17, 15) is 4.79 Å². The lowest BCUT2D eigenvalue weighted by molar-refractivity contribution is -0.137. The lowest BCUT2D eigenvalue weighted by Gasteiger charge is -1.91. The molecule has 0 rings (SSSR count). The molecule has 0 heterocycles. The van der Waals surface area contributed by atoms with E-state index >= 15 is 0 Å². The van der Waals surface area contributed by atoms with Crippen LogP contribution in [0.5, 0.6) is 0 Å². The van der Waals surface area contributed by atoms with E-state index in [1.165, 1.54) is 0 Å². The molecule has 0 aliphatic carbocycles. The third-order valence-electron chi connectivity index (χ3n) is 0.838. The summed E-state index contributed by atoms with van der Waals surface area (Å²) in [6, 6.07) is 0.